The zero-order valence-electron chi connectivity index (χ0n) is 4.47. The highest BCUT2D eigenvalue weighted by Gasteiger charge is 2.01. The van der Waals surface area contributed by atoms with Crippen LogP contribution in [-0.4, -0.2) is 15.8 Å². The van der Waals surface area contributed by atoms with Crippen LogP contribution in [0.25, 0.3) is 0 Å². The number of nitrogens with one attached hydrogen (secondary N) is 1. The molecule has 2 unspecified atom stereocenters. The minimum atomic E-state index is -2.46. The lowest BCUT2D eigenvalue weighted by molar-refractivity contribution is 0.670. The highest BCUT2D eigenvalue weighted by atomic mass is 32.2. The minimum absolute atomic E-state index is 0.507. The van der Waals surface area contributed by atoms with E-state index in [1.54, 1.807) is 6.92 Å². The number of hydrogen-bond donors (Lipinski definition) is 2. The lowest BCUT2D eigenvalue weighted by atomic mass is 10.8. The first-order chi connectivity index (χ1) is 2.94. The molecule has 3 nitrogen and oxygen atoms in total. The highest BCUT2D eigenvalue weighted by molar-refractivity contribution is 7.92. The van der Waals surface area contributed by atoms with Crippen molar-refractivity contribution >= 4 is 9.73 Å². The van der Waals surface area contributed by atoms with Gasteiger partial charge in [0.2, 0.25) is 0 Å². The summed E-state index contributed by atoms with van der Waals surface area (Å²) < 4.78 is 17.2. The molecule has 0 amide bonds. The van der Waals surface area contributed by atoms with Gasteiger partial charge in [0.25, 0.3) is 0 Å². The summed E-state index contributed by atoms with van der Waals surface area (Å²) >= 11 is 0. The van der Waals surface area contributed by atoms with Crippen LogP contribution in [-0.2, 0) is 9.73 Å². The van der Waals surface area contributed by atoms with E-state index in [1.807, 2.05) is 0 Å². The largest absolute Gasteiger partial charge is 0.317 e. The van der Waals surface area contributed by atoms with Crippen LogP contribution in [0.2, 0.25) is 0 Å². The first-order valence-corrected chi connectivity index (χ1v) is 3.95. The Morgan fingerprint density at radius 3 is 2.00 bits per heavy atom. The van der Waals surface area contributed by atoms with Crippen LogP contribution in [0.3, 0.4) is 0 Å². The quantitative estimate of drug-likeness (QED) is 0.512. The first-order valence-electron chi connectivity index (χ1n) is 1.93. The summed E-state index contributed by atoms with van der Waals surface area (Å²) in [4.78, 5) is 0. The van der Waals surface area contributed by atoms with Crippen molar-refractivity contribution in [2.45, 2.75) is 12.3 Å². The highest BCUT2D eigenvalue weighted by Crippen LogP contribution is 1.87. The second kappa shape index (κ2) is 1.79. The van der Waals surface area contributed by atoms with Gasteiger partial charge in [-0.2, -0.15) is 0 Å². The molecule has 0 bridgehead atoms. The molecule has 0 aliphatic rings. The summed E-state index contributed by atoms with van der Waals surface area (Å²) in [6.07, 6.45) is 1.33. The molecular weight excluding hydrogens is 112 g/mol. The summed E-state index contributed by atoms with van der Waals surface area (Å²) in [5.74, 6) is 0. The molecule has 2 atom stereocenters. The van der Waals surface area contributed by atoms with Crippen molar-refractivity contribution in [2.75, 3.05) is 6.26 Å². The average Bonchev–Trinajstić information content (AvgIpc) is 1.31. The van der Waals surface area contributed by atoms with E-state index in [9.17, 15) is 4.21 Å². The molecule has 0 aromatic carbocycles. The van der Waals surface area contributed by atoms with Crippen molar-refractivity contribution in [3.8, 4) is 0 Å². The van der Waals surface area contributed by atoms with Gasteiger partial charge < -0.3 is 5.73 Å². The van der Waals surface area contributed by atoms with E-state index in [4.69, 9.17) is 10.5 Å². The molecule has 4 heteroatoms. The molecule has 0 aliphatic heterocycles. The molecule has 0 saturated carbocycles. The number of hydrogen-bond acceptors (Lipinski definition) is 3. The lowest BCUT2D eigenvalue weighted by Crippen LogP contribution is -2.24. The van der Waals surface area contributed by atoms with Crippen LogP contribution >= 0.6 is 0 Å². The third-order valence-electron chi connectivity index (χ3n) is 0.709. The maximum atomic E-state index is 10.4. The third-order valence-corrected chi connectivity index (χ3v) is 2.13. The maximum Gasteiger partial charge on any atom is 0.0859 e. The molecular formula is C3H10N2OS. The van der Waals surface area contributed by atoms with Gasteiger partial charge in [0.1, 0.15) is 0 Å². The molecule has 0 aliphatic carbocycles. The normalized spacial score (nSPS) is 23.3. The maximum absolute atomic E-state index is 10.4. The predicted molar refractivity (Wildman–Crippen MR) is 30.4 cm³/mol. The fourth-order valence-electron chi connectivity index (χ4n) is 0. The van der Waals surface area contributed by atoms with Crippen LogP contribution in [0.1, 0.15) is 6.92 Å². The second-order valence-electron chi connectivity index (χ2n) is 1.61. The van der Waals surface area contributed by atoms with Crippen molar-refractivity contribution in [3.63, 3.8) is 0 Å². The van der Waals surface area contributed by atoms with Crippen LogP contribution in [0.5, 0.6) is 0 Å². The SMILES string of the molecule is CC(N)S(C)(=N)=O. The number of rotatable bonds is 1. The van der Waals surface area contributed by atoms with Crippen LogP contribution < -0.4 is 5.73 Å². The molecule has 0 heterocycles. The minimum Gasteiger partial charge on any atom is -0.317 e. The van der Waals surface area contributed by atoms with Gasteiger partial charge >= 0.3 is 0 Å². The van der Waals surface area contributed by atoms with Gasteiger partial charge in [-0.3, -0.25) is 4.78 Å². The van der Waals surface area contributed by atoms with E-state index in [0.29, 0.717) is 0 Å². The van der Waals surface area contributed by atoms with E-state index in [0.717, 1.165) is 0 Å². The van der Waals surface area contributed by atoms with Gasteiger partial charge in [0.05, 0.1) is 15.1 Å². The van der Waals surface area contributed by atoms with Gasteiger partial charge in [0, 0.05) is 6.26 Å². The van der Waals surface area contributed by atoms with E-state index in [1.165, 1.54) is 6.26 Å². The van der Waals surface area contributed by atoms with E-state index >= 15 is 0 Å². The van der Waals surface area contributed by atoms with Gasteiger partial charge in [-0.05, 0) is 6.92 Å². The summed E-state index contributed by atoms with van der Waals surface area (Å²) in [5.41, 5.74) is 5.11. The molecule has 0 saturated heterocycles. The lowest BCUT2D eigenvalue weighted by Gasteiger charge is -2.01. The number of nitrogens with two attached hydrogens (primary N) is 1. The first kappa shape index (κ1) is 6.91. The summed E-state index contributed by atoms with van der Waals surface area (Å²) in [6.45, 7) is 1.56. The van der Waals surface area contributed by atoms with Crippen molar-refractivity contribution in [1.82, 2.24) is 0 Å². The van der Waals surface area contributed by atoms with Crippen molar-refractivity contribution in [3.05, 3.63) is 0 Å². The van der Waals surface area contributed by atoms with Crippen molar-refractivity contribution in [2.24, 2.45) is 5.73 Å². The molecule has 0 aromatic heterocycles. The Morgan fingerprint density at radius 2 is 2.00 bits per heavy atom. The molecule has 0 fully saturated rings. The Kier molecular flexibility index (Phi) is 1.77. The molecule has 0 rings (SSSR count). The van der Waals surface area contributed by atoms with Gasteiger partial charge in [-0.1, -0.05) is 0 Å². The Balaban J connectivity index is 4.10. The Hall–Kier alpha value is -0.0900. The van der Waals surface area contributed by atoms with Gasteiger partial charge in [-0.25, -0.2) is 4.21 Å². The molecule has 0 radical (unpaired) electrons. The zero-order valence-corrected chi connectivity index (χ0v) is 5.29. The van der Waals surface area contributed by atoms with Gasteiger partial charge in [0.15, 0.2) is 0 Å². The summed E-state index contributed by atoms with van der Waals surface area (Å²) in [5, 5.41) is -0.507. The van der Waals surface area contributed by atoms with Crippen LogP contribution in [0, 0.1) is 4.78 Å². The van der Waals surface area contributed by atoms with Crippen LogP contribution in [0.15, 0.2) is 0 Å². The molecule has 44 valence electrons. The smallest absolute Gasteiger partial charge is 0.0859 e. The zero-order chi connectivity index (χ0) is 6.08. The third kappa shape index (κ3) is 2.59. The standard InChI is InChI=1S/C3H10N2OS/c1-3(4)7(2,5)6/h3,5H,4H2,1-2H3. The van der Waals surface area contributed by atoms with Gasteiger partial charge in [-0.15, -0.1) is 0 Å². The topological polar surface area (TPSA) is 66.9 Å². The molecule has 3 N–H and O–H groups in total. The van der Waals surface area contributed by atoms with E-state index in [2.05, 4.69) is 0 Å². The molecule has 7 heavy (non-hydrogen) atoms. The summed E-state index contributed by atoms with van der Waals surface area (Å²) in [7, 11) is -2.46. The fourth-order valence-corrected chi connectivity index (χ4v) is 0. The van der Waals surface area contributed by atoms with Crippen molar-refractivity contribution in [1.29, 1.82) is 4.78 Å². The monoisotopic (exact) mass is 122 g/mol. The predicted octanol–water partition coefficient (Wildman–Crippen LogP) is -0.0323. The van der Waals surface area contributed by atoms with E-state index in [-0.39, 0.29) is 0 Å². The molecule has 0 aromatic rings. The fraction of sp³-hybridized carbons (Fsp3) is 1.00. The van der Waals surface area contributed by atoms with E-state index < -0.39 is 15.1 Å². The van der Waals surface area contributed by atoms with Crippen molar-refractivity contribution < 1.29 is 4.21 Å². The van der Waals surface area contributed by atoms with Crippen LogP contribution in [0.4, 0.5) is 0 Å². The Morgan fingerprint density at radius 1 is 1.86 bits per heavy atom. The Labute approximate surface area is 43.9 Å². The second-order valence-corrected chi connectivity index (χ2v) is 4.16. The average molecular weight is 122 g/mol. The molecule has 0 spiro atoms. The Bertz CT molecular complexity index is 135. The summed E-state index contributed by atoms with van der Waals surface area (Å²) in [6, 6.07) is 0.